The van der Waals surface area contributed by atoms with Crippen LogP contribution < -0.4 is 5.32 Å². The van der Waals surface area contributed by atoms with Crippen molar-refractivity contribution >= 4 is 17.6 Å². The van der Waals surface area contributed by atoms with Gasteiger partial charge >= 0.3 is 5.97 Å². The Morgan fingerprint density at radius 1 is 0.852 bits per heavy atom. The molecule has 136 valence electrons. The van der Waals surface area contributed by atoms with Gasteiger partial charge in [0.15, 0.2) is 6.61 Å². The van der Waals surface area contributed by atoms with Gasteiger partial charge in [-0.25, -0.2) is 4.39 Å². The Hall–Kier alpha value is -3.47. The number of hydrogen-bond acceptors (Lipinski definition) is 3. The quantitative estimate of drug-likeness (QED) is 0.667. The van der Waals surface area contributed by atoms with Crippen molar-refractivity contribution in [2.24, 2.45) is 0 Å². The molecule has 0 aliphatic heterocycles. The van der Waals surface area contributed by atoms with Crippen LogP contribution in [-0.4, -0.2) is 18.5 Å². The normalized spacial score (nSPS) is 10.3. The van der Waals surface area contributed by atoms with Gasteiger partial charge < -0.3 is 10.1 Å². The number of carbonyl (C=O) groups excluding carboxylic acids is 2. The Balaban J connectivity index is 1.48. The van der Waals surface area contributed by atoms with Crippen molar-refractivity contribution in [3.8, 4) is 11.1 Å². The van der Waals surface area contributed by atoms with Crippen molar-refractivity contribution in [2.45, 2.75) is 6.42 Å². The SMILES string of the molecule is O=C(COC(=O)Cc1cccc(F)c1)Nc1ccc(-c2ccccc2)cc1. The minimum atomic E-state index is -0.588. The third-order valence-electron chi connectivity index (χ3n) is 3.88. The van der Waals surface area contributed by atoms with Crippen molar-refractivity contribution in [2.75, 3.05) is 11.9 Å². The molecule has 27 heavy (non-hydrogen) atoms. The highest BCUT2D eigenvalue weighted by molar-refractivity contribution is 5.93. The van der Waals surface area contributed by atoms with Gasteiger partial charge in [-0.15, -0.1) is 0 Å². The Bertz CT molecular complexity index is 924. The maximum absolute atomic E-state index is 13.1. The van der Waals surface area contributed by atoms with Crippen LogP contribution in [0.15, 0.2) is 78.9 Å². The third-order valence-corrected chi connectivity index (χ3v) is 3.88. The molecule has 0 radical (unpaired) electrons. The van der Waals surface area contributed by atoms with E-state index in [-0.39, 0.29) is 6.42 Å². The molecule has 0 aliphatic rings. The van der Waals surface area contributed by atoms with E-state index in [2.05, 4.69) is 5.32 Å². The maximum atomic E-state index is 13.1. The van der Waals surface area contributed by atoms with E-state index in [1.54, 1.807) is 18.2 Å². The zero-order valence-corrected chi connectivity index (χ0v) is 14.5. The average molecular weight is 363 g/mol. The Morgan fingerprint density at radius 2 is 1.56 bits per heavy atom. The van der Waals surface area contributed by atoms with Gasteiger partial charge in [-0.2, -0.15) is 0 Å². The lowest BCUT2D eigenvalue weighted by Gasteiger charge is -2.08. The van der Waals surface area contributed by atoms with Crippen LogP contribution in [0, 0.1) is 5.82 Å². The van der Waals surface area contributed by atoms with Crippen LogP contribution in [0.25, 0.3) is 11.1 Å². The first-order valence-corrected chi connectivity index (χ1v) is 8.45. The standard InChI is InChI=1S/C22H18FNO3/c23-19-8-4-5-16(13-19)14-22(26)27-15-21(25)24-20-11-9-18(10-12-20)17-6-2-1-3-7-17/h1-13H,14-15H2,(H,24,25). The second kappa shape index (κ2) is 8.76. The van der Waals surface area contributed by atoms with E-state index in [1.165, 1.54) is 18.2 Å². The van der Waals surface area contributed by atoms with E-state index >= 15 is 0 Å². The molecule has 1 amide bonds. The highest BCUT2D eigenvalue weighted by Gasteiger charge is 2.09. The van der Waals surface area contributed by atoms with Crippen LogP contribution >= 0.6 is 0 Å². The van der Waals surface area contributed by atoms with E-state index in [9.17, 15) is 14.0 Å². The zero-order chi connectivity index (χ0) is 19.1. The molecule has 3 aromatic carbocycles. The van der Waals surface area contributed by atoms with Crippen LogP contribution in [0.4, 0.5) is 10.1 Å². The number of rotatable bonds is 6. The second-order valence-electron chi connectivity index (χ2n) is 5.96. The highest BCUT2D eigenvalue weighted by atomic mass is 19.1. The summed E-state index contributed by atoms with van der Waals surface area (Å²) >= 11 is 0. The molecule has 3 rings (SSSR count). The summed E-state index contributed by atoms with van der Waals surface area (Å²) in [6.07, 6.45) is -0.0865. The minimum Gasteiger partial charge on any atom is -0.455 e. The number of esters is 1. The number of benzene rings is 3. The molecule has 0 aliphatic carbocycles. The molecule has 4 nitrogen and oxygen atoms in total. The largest absolute Gasteiger partial charge is 0.455 e. The predicted molar refractivity (Wildman–Crippen MR) is 102 cm³/mol. The fourth-order valence-electron chi connectivity index (χ4n) is 2.58. The van der Waals surface area contributed by atoms with Crippen molar-refractivity contribution in [3.05, 3.63) is 90.2 Å². The van der Waals surface area contributed by atoms with E-state index in [0.717, 1.165) is 11.1 Å². The van der Waals surface area contributed by atoms with Gasteiger partial charge in [-0.05, 0) is 41.0 Å². The van der Waals surface area contributed by atoms with E-state index < -0.39 is 24.3 Å². The summed E-state index contributed by atoms with van der Waals surface area (Å²) in [5.41, 5.74) is 3.23. The molecule has 5 heteroatoms. The summed E-state index contributed by atoms with van der Waals surface area (Å²) in [6.45, 7) is -0.394. The highest BCUT2D eigenvalue weighted by Crippen LogP contribution is 2.20. The number of anilines is 1. The van der Waals surface area contributed by atoms with Gasteiger partial charge in [-0.1, -0.05) is 54.6 Å². The number of nitrogens with one attached hydrogen (secondary N) is 1. The summed E-state index contributed by atoms with van der Waals surface area (Å²) in [4.78, 5) is 23.7. The lowest BCUT2D eigenvalue weighted by molar-refractivity contribution is -0.146. The van der Waals surface area contributed by atoms with Gasteiger partial charge in [0.25, 0.3) is 5.91 Å². The molecule has 0 aromatic heterocycles. The molecule has 0 heterocycles. The van der Waals surface area contributed by atoms with Crippen LogP contribution in [-0.2, 0) is 20.7 Å². The molecule has 0 bridgehead atoms. The third kappa shape index (κ3) is 5.51. The first-order valence-electron chi connectivity index (χ1n) is 8.45. The first-order chi connectivity index (χ1) is 13.1. The maximum Gasteiger partial charge on any atom is 0.310 e. The number of ether oxygens (including phenoxy) is 1. The topological polar surface area (TPSA) is 55.4 Å². The average Bonchev–Trinajstić information content (AvgIpc) is 2.68. The molecule has 0 saturated heterocycles. The predicted octanol–water partition coefficient (Wildman–Crippen LogP) is 4.22. The number of carbonyl (C=O) groups is 2. The fraction of sp³-hybridized carbons (Fsp3) is 0.0909. The molecule has 0 fully saturated rings. The minimum absolute atomic E-state index is 0.0865. The van der Waals surface area contributed by atoms with E-state index in [0.29, 0.717) is 11.3 Å². The summed E-state index contributed by atoms with van der Waals surface area (Å²) in [5, 5.41) is 2.67. The number of amides is 1. The van der Waals surface area contributed by atoms with Gasteiger partial charge in [-0.3, -0.25) is 9.59 Å². The number of hydrogen-bond donors (Lipinski definition) is 1. The Labute approximate surface area is 156 Å². The van der Waals surface area contributed by atoms with Crippen molar-refractivity contribution in [1.82, 2.24) is 0 Å². The lowest BCUT2D eigenvalue weighted by Crippen LogP contribution is -2.21. The Kier molecular flexibility index (Phi) is 5.94. The summed E-state index contributed by atoms with van der Waals surface area (Å²) in [7, 11) is 0. The van der Waals surface area contributed by atoms with Gasteiger partial charge in [0.2, 0.25) is 0 Å². The van der Waals surface area contributed by atoms with Crippen LogP contribution in [0.5, 0.6) is 0 Å². The second-order valence-corrected chi connectivity index (χ2v) is 5.96. The first kappa shape index (κ1) is 18.3. The summed E-state index contributed by atoms with van der Waals surface area (Å²) in [5.74, 6) is -1.44. The van der Waals surface area contributed by atoms with Gasteiger partial charge in [0.1, 0.15) is 5.82 Å². The molecular weight excluding hydrogens is 345 g/mol. The fourth-order valence-corrected chi connectivity index (χ4v) is 2.58. The summed E-state index contributed by atoms with van der Waals surface area (Å²) in [6, 6.07) is 23.0. The van der Waals surface area contributed by atoms with Crippen LogP contribution in [0.1, 0.15) is 5.56 Å². The molecule has 0 unspecified atom stereocenters. The molecule has 3 aromatic rings. The van der Waals surface area contributed by atoms with Crippen molar-refractivity contribution < 1.29 is 18.7 Å². The molecular formula is C22H18FNO3. The Morgan fingerprint density at radius 3 is 2.26 bits per heavy atom. The van der Waals surface area contributed by atoms with E-state index in [4.69, 9.17) is 4.74 Å². The molecule has 0 saturated carbocycles. The molecule has 0 atom stereocenters. The summed E-state index contributed by atoms with van der Waals surface area (Å²) < 4.78 is 18.0. The van der Waals surface area contributed by atoms with Gasteiger partial charge in [0, 0.05) is 5.69 Å². The van der Waals surface area contributed by atoms with Crippen molar-refractivity contribution in [3.63, 3.8) is 0 Å². The van der Waals surface area contributed by atoms with Crippen molar-refractivity contribution in [1.29, 1.82) is 0 Å². The smallest absolute Gasteiger partial charge is 0.310 e. The monoisotopic (exact) mass is 363 g/mol. The lowest BCUT2D eigenvalue weighted by atomic mass is 10.1. The zero-order valence-electron chi connectivity index (χ0n) is 14.5. The van der Waals surface area contributed by atoms with Crippen LogP contribution in [0.2, 0.25) is 0 Å². The molecule has 0 spiro atoms. The van der Waals surface area contributed by atoms with E-state index in [1.807, 2.05) is 42.5 Å². The van der Waals surface area contributed by atoms with Gasteiger partial charge in [0.05, 0.1) is 6.42 Å². The van der Waals surface area contributed by atoms with Crippen LogP contribution in [0.3, 0.4) is 0 Å². The number of halogens is 1. The molecule has 1 N–H and O–H groups in total.